The topological polar surface area (TPSA) is 43.4 Å². The van der Waals surface area contributed by atoms with E-state index in [0.717, 1.165) is 17.5 Å². The molecule has 0 atom stereocenters. The van der Waals surface area contributed by atoms with Gasteiger partial charge in [-0.25, -0.2) is 8.78 Å². The fourth-order valence-electron chi connectivity index (χ4n) is 3.92. The van der Waals surface area contributed by atoms with E-state index in [9.17, 15) is 13.6 Å². The van der Waals surface area contributed by atoms with Gasteiger partial charge in [-0.1, -0.05) is 0 Å². The van der Waals surface area contributed by atoms with Crippen LogP contribution in [0.2, 0.25) is 0 Å². The largest absolute Gasteiger partial charge is 0.457 e. The van der Waals surface area contributed by atoms with Crippen molar-refractivity contribution in [3.8, 4) is 22.6 Å². The van der Waals surface area contributed by atoms with Gasteiger partial charge in [-0.3, -0.25) is 4.79 Å². The number of hydrogen-bond donors (Lipinski definition) is 0. The first-order valence-corrected chi connectivity index (χ1v) is 10.7. The highest BCUT2D eigenvalue weighted by atomic mass is 19.1. The lowest BCUT2D eigenvalue weighted by atomic mass is 9.88. The Hall–Kier alpha value is -3.99. The first kappa shape index (κ1) is 20.9. The van der Waals surface area contributed by atoms with E-state index in [1.54, 1.807) is 48.6 Å². The van der Waals surface area contributed by atoms with Crippen LogP contribution in [0.1, 0.15) is 30.8 Å². The zero-order chi connectivity index (χ0) is 22.8. The standard InChI is InChI=1S/C28H20F2O3/c29-22-8-4-18(5-9-22)26-14-12-24(32-26)16-20-2-1-3-21(28(20)31)17-25-13-15-27(33-25)19-6-10-23(30)11-7-19/h4-17H,1-3H2. The SMILES string of the molecule is O=C1C(=Cc2ccc(-c3ccc(F)cc3)o2)CCCC1=Cc1ccc(-c2ccc(F)cc2)o1. The third kappa shape index (κ3) is 4.62. The van der Waals surface area contributed by atoms with Gasteiger partial charge in [0.2, 0.25) is 0 Å². The van der Waals surface area contributed by atoms with Crippen molar-refractivity contribution in [3.63, 3.8) is 0 Å². The second-order valence-corrected chi connectivity index (χ2v) is 7.94. The maximum absolute atomic E-state index is 13.2. The summed E-state index contributed by atoms with van der Waals surface area (Å²) in [7, 11) is 0. The number of Topliss-reactive ketones (excluding diaryl/α,β-unsaturated/α-hetero) is 1. The van der Waals surface area contributed by atoms with E-state index in [2.05, 4.69) is 0 Å². The second-order valence-electron chi connectivity index (χ2n) is 7.94. The Bertz CT molecular complexity index is 1250. The van der Waals surface area contributed by atoms with E-state index in [1.165, 1.54) is 24.3 Å². The minimum absolute atomic E-state index is 0.0271. The predicted molar refractivity (Wildman–Crippen MR) is 123 cm³/mol. The van der Waals surface area contributed by atoms with E-state index in [1.807, 2.05) is 12.1 Å². The zero-order valence-corrected chi connectivity index (χ0v) is 17.7. The zero-order valence-electron chi connectivity index (χ0n) is 17.7. The van der Waals surface area contributed by atoms with Gasteiger partial charge < -0.3 is 8.83 Å². The molecule has 4 aromatic rings. The first-order chi connectivity index (χ1) is 16.0. The van der Waals surface area contributed by atoms with Crippen molar-refractivity contribution < 1.29 is 22.4 Å². The maximum atomic E-state index is 13.2. The van der Waals surface area contributed by atoms with Gasteiger partial charge in [0.05, 0.1) is 0 Å². The number of furan rings is 2. The lowest BCUT2D eigenvalue weighted by Gasteiger charge is -2.15. The molecule has 3 nitrogen and oxygen atoms in total. The highest BCUT2D eigenvalue weighted by Gasteiger charge is 2.21. The van der Waals surface area contributed by atoms with Crippen LogP contribution in [0.25, 0.3) is 34.8 Å². The van der Waals surface area contributed by atoms with E-state index >= 15 is 0 Å². The van der Waals surface area contributed by atoms with E-state index in [0.29, 0.717) is 47.0 Å². The minimum atomic E-state index is -0.305. The molecule has 0 aliphatic heterocycles. The van der Waals surface area contributed by atoms with Gasteiger partial charge >= 0.3 is 0 Å². The number of allylic oxidation sites excluding steroid dienone is 2. The highest BCUT2D eigenvalue weighted by Crippen LogP contribution is 2.31. The molecule has 0 saturated heterocycles. The summed E-state index contributed by atoms with van der Waals surface area (Å²) in [4.78, 5) is 13.1. The second kappa shape index (κ2) is 8.87. The van der Waals surface area contributed by atoms with Crippen molar-refractivity contribution in [3.05, 3.63) is 107 Å². The number of carbonyl (C=O) groups is 1. The maximum Gasteiger partial charge on any atom is 0.185 e. The molecule has 0 N–H and O–H groups in total. The molecule has 2 aromatic heterocycles. The van der Waals surface area contributed by atoms with Gasteiger partial charge in [-0.15, -0.1) is 0 Å². The van der Waals surface area contributed by atoms with Crippen LogP contribution in [-0.4, -0.2) is 5.78 Å². The molecule has 1 fully saturated rings. The van der Waals surface area contributed by atoms with Crippen LogP contribution in [0.4, 0.5) is 8.78 Å². The lowest BCUT2D eigenvalue weighted by Crippen LogP contribution is -2.12. The molecular formula is C28H20F2O3. The molecule has 1 aliphatic rings. The van der Waals surface area contributed by atoms with E-state index in [-0.39, 0.29) is 17.4 Å². The van der Waals surface area contributed by atoms with Crippen LogP contribution < -0.4 is 0 Å². The molecule has 0 unspecified atom stereocenters. The van der Waals surface area contributed by atoms with Crippen molar-refractivity contribution in [2.45, 2.75) is 19.3 Å². The van der Waals surface area contributed by atoms with Crippen LogP contribution in [0.15, 0.2) is 92.8 Å². The summed E-state index contributed by atoms with van der Waals surface area (Å²) < 4.78 is 38.0. The molecule has 0 bridgehead atoms. The summed E-state index contributed by atoms with van der Waals surface area (Å²) in [6.07, 6.45) is 5.73. The molecule has 1 aliphatic carbocycles. The highest BCUT2D eigenvalue weighted by molar-refractivity contribution is 6.13. The molecule has 1 saturated carbocycles. The molecular weight excluding hydrogens is 422 g/mol. The van der Waals surface area contributed by atoms with Crippen LogP contribution in [0.5, 0.6) is 0 Å². The number of carbonyl (C=O) groups excluding carboxylic acids is 1. The van der Waals surface area contributed by atoms with Crippen molar-refractivity contribution in [2.24, 2.45) is 0 Å². The van der Waals surface area contributed by atoms with E-state index in [4.69, 9.17) is 8.83 Å². The van der Waals surface area contributed by atoms with Gasteiger partial charge in [-0.05, 0) is 104 Å². The van der Waals surface area contributed by atoms with Crippen molar-refractivity contribution in [2.75, 3.05) is 0 Å². The molecule has 0 spiro atoms. The van der Waals surface area contributed by atoms with E-state index < -0.39 is 0 Å². The van der Waals surface area contributed by atoms with Gasteiger partial charge in [0.15, 0.2) is 5.78 Å². The summed E-state index contributed by atoms with van der Waals surface area (Å²) in [5.41, 5.74) is 2.90. The molecule has 5 heteroatoms. The van der Waals surface area contributed by atoms with Gasteiger partial charge in [0.1, 0.15) is 34.7 Å². The third-order valence-corrected chi connectivity index (χ3v) is 5.62. The van der Waals surface area contributed by atoms with Crippen molar-refractivity contribution >= 4 is 17.9 Å². The quantitative estimate of drug-likeness (QED) is 0.304. The first-order valence-electron chi connectivity index (χ1n) is 10.7. The minimum Gasteiger partial charge on any atom is -0.457 e. The van der Waals surface area contributed by atoms with Gasteiger partial charge in [0, 0.05) is 22.3 Å². The normalized spacial score (nSPS) is 16.6. The average Bonchev–Trinajstić information content (AvgIpc) is 3.48. The number of benzene rings is 2. The Morgan fingerprint density at radius 3 is 1.45 bits per heavy atom. The molecule has 2 aromatic carbocycles. The monoisotopic (exact) mass is 442 g/mol. The summed E-state index contributed by atoms with van der Waals surface area (Å²) in [5.74, 6) is 1.75. The van der Waals surface area contributed by atoms with Crippen LogP contribution in [0, 0.1) is 11.6 Å². The summed E-state index contributed by atoms with van der Waals surface area (Å²) in [5, 5.41) is 0. The van der Waals surface area contributed by atoms with Crippen LogP contribution >= 0.6 is 0 Å². The molecule has 5 rings (SSSR count). The molecule has 33 heavy (non-hydrogen) atoms. The Balaban J connectivity index is 1.35. The van der Waals surface area contributed by atoms with Crippen LogP contribution in [0.3, 0.4) is 0 Å². The fourth-order valence-corrected chi connectivity index (χ4v) is 3.92. The molecule has 2 heterocycles. The summed E-state index contributed by atoms with van der Waals surface area (Å²) in [6, 6.07) is 19.4. The van der Waals surface area contributed by atoms with Gasteiger partial charge in [-0.2, -0.15) is 0 Å². The van der Waals surface area contributed by atoms with Gasteiger partial charge in [0.25, 0.3) is 0 Å². The Morgan fingerprint density at radius 2 is 1.03 bits per heavy atom. The lowest BCUT2D eigenvalue weighted by molar-refractivity contribution is -0.112. The average molecular weight is 442 g/mol. The Morgan fingerprint density at radius 1 is 0.606 bits per heavy atom. The Labute approximate surface area is 189 Å². The number of ketones is 1. The molecule has 0 amide bonds. The predicted octanol–water partition coefficient (Wildman–Crippen LogP) is 7.70. The fraction of sp³-hybridized carbons (Fsp3) is 0.107. The molecule has 0 radical (unpaired) electrons. The van der Waals surface area contributed by atoms with Crippen molar-refractivity contribution in [1.82, 2.24) is 0 Å². The van der Waals surface area contributed by atoms with Crippen molar-refractivity contribution in [1.29, 1.82) is 0 Å². The Kier molecular flexibility index (Phi) is 5.61. The van der Waals surface area contributed by atoms with Crippen LogP contribution in [-0.2, 0) is 4.79 Å². The number of halogens is 2. The number of hydrogen-bond acceptors (Lipinski definition) is 3. The smallest absolute Gasteiger partial charge is 0.185 e. The number of rotatable bonds is 4. The summed E-state index contributed by atoms with van der Waals surface area (Å²) >= 11 is 0. The third-order valence-electron chi connectivity index (χ3n) is 5.62. The molecule has 164 valence electrons. The summed E-state index contributed by atoms with van der Waals surface area (Å²) in [6.45, 7) is 0.